The van der Waals surface area contributed by atoms with Crippen LogP contribution < -0.4 is 10.5 Å². The molecular weight excluding hydrogens is 300 g/mol. The molecule has 0 bridgehead atoms. The summed E-state index contributed by atoms with van der Waals surface area (Å²) < 4.78 is 5.61. The van der Waals surface area contributed by atoms with E-state index in [1.165, 1.54) is 5.56 Å². The number of ether oxygens (including phenoxy) is 1. The second-order valence-electron chi connectivity index (χ2n) is 6.63. The second kappa shape index (κ2) is 9.01. The van der Waals surface area contributed by atoms with Gasteiger partial charge in [0, 0.05) is 13.6 Å². The second-order valence-corrected chi connectivity index (χ2v) is 6.63. The van der Waals surface area contributed by atoms with Gasteiger partial charge < -0.3 is 15.4 Å². The van der Waals surface area contributed by atoms with Gasteiger partial charge in [-0.2, -0.15) is 0 Å². The molecule has 1 amide bonds. The molecule has 1 aromatic rings. The van der Waals surface area contributed by atoms with E-state index >= 15 is 0 Å². The Morgan fingerprint density at radius 2 is 2.00 bits per heavy atom. The Labute approximate surface area is 140 Å². The molecule has 0 saturated carbocycles. The van der Waals surface area contributed by atoms with Crippen LogP contribution in [0.25, 0.3) is 0 Å². The Morgan fingerprint density at radius 3 is 2.55 bits per heavy atom. The molecule has 0 atom stereocenters. The van der Waals surface area contributed by atoms with Crippen LogP contribution in [0.15, 0.2) is 24.3 Å². The van der Waals surface area contributed by atoms with Crippen molar-refractivity contribution >= 4 is 18.3 Å². The normalized spacial score (nSPS) is 11.0. The molecule has 0 saturated heterocycles. The zero-order chi connectivity index (χ0) is 16.0. The largest absolute Gasteiger partial charge is 0.484 e. The first kappa shape index (κ1) is 20.7. The molecule has 0 aromatic heterocycles. The lowest BCUT2D eigenvalue weighted by atomic mass is 9.93. The molecule has 1 rings (SSSR count). The van der Waals surface area contributed by atoms with Gasteiger partial charge in [-0.25, -0.2) is 0 Å². The third kappa shape index (κ3) is 6.67. The number of nitrogens with zero attached hydrogens (tertiary/aromatic N) is 1. The smallest absolute Gasteiger partial charge is 0.260 e. The lowest BCUT2D eigenvalue weighted by Crippen LogP contribution is -2.41. The first-order chi connectivity index (χ1) is 9.75. The number of hydrogen-bond donors (Lipinski definition) is 1. The Morgan fingerprint density at radius 1 is 1.36 bits per heavy atom. The van der Waals surface area contributed by atoms with E-state index in [0.29, 0.717) is 19.0 Å². The van der Waals surface area contributed by atoms with Gasteiger partial charge in [-0.15, -0.1) is 12.4 Å². The minimum atomic E-state index is -0.0814. The van der Waals surface area contributed by atoms with E-state index in [1.54, 1.807) is 11.9 Å². The van der Waals surface area contributed by atoms with Crippen molar-refractivity contribution < 1.29 is 9.53 Å². The molecule has 0 unspecified atom stereocenters. The van der Waals surface area contributed by atoms with Crippen molar-refractivity contribution in [3.63, 3.8) is 0 Å². The monoisotopic (exact) mass is 328 g/mol. The number of rotatable bonds is 7. The highest BCUT2D eigenvalue weighted by atomic mass is 35.5. The molecule has 2 N–H and O–H groups in total. The number of carbonyl (C=O) groups excluding carboxylic acids is 1. The van der Waals surface area contributed by atoms with Crippen LogP contribution in [0.3, 0.4) is 0 Å². The molecule has 0 heterocycles. The highest BCUT2D eigenvalue weighted by Gasteiger charge is 2.21. The minimum absolute atomic E-state index is 0. The standard InChI is InChI=1S/C17H28N2O2.ClH/c1-13(2)14-7-6-8-15(9-14)21-10-16(20)19(5)12-17(3,4)11-18;/h6-9,13H,10-12,18H2,1-5H3;1H. The molecule has 4 nitrogen and oxygen atoms in total. The summed E-state index contributed by atoms with van der Waals surface area (Å²) in [5, 5.41) is 0. The van der Waals surface area contributed by atoms with Gasteiger partial charge in [-0.3, -0.25) is 4.79 Å². The quantitative estimate of drug-likeness (QED) is 0.837. The molecule has 5 heteroatoms. The lowest BCUT2D eigenvalue weighted by molar-refractivity contribution is -0.133. The van der Waals surface area contributed by atoms with Gasteiger partial charge in [0.05, 0.1) is 0 Å². The predicted octanol–water partition coefficient (Wildman–Crippen LogP) is 3.05. The molecule has 22 heavy (non-hydrogen) atoms. The van der Waals surface area contributed by atoms with Crippen molar-refractivity contribution in [2.45, 2.75) is 33.6 Å². The summed E-state index contributed by atoms with van der Waals surface area (Å²) >= 11 is 0. The summed E-state index contributed by atoms with van der Waals surface area (Å²) in [6.45, 7) is 9.58. The molecular formula is C17H29ClN2O2. The van der Waals surface area contributed by atoms with Crippen LogP contribution in [-0.2, 0) is 4.79 Å². The Kier molecular flexibility index (Phi) is 8.49. The topological polar surface area (TPSA) is 55.6 Å². The summed E-state index contributed by atoms with van der Waals surface area (Å²) in [5.74, 6) is 1.14. The van der Waals surface area contributed by atoms with Crippen LogP contribution >= 0.6 is 12.4 Å². The zero-order valence-electron chi connectivity index (χ0n) is 14.3. The van der Waals surface area contributed by atoms with Gasteiger partial charge >= 0.3 is 0 Å². The van der Waals surface area contributed by atoms with E-state index in [9.17, 15) is 4.79 Å². The van der Waals surface area contributed by atoms with E-state index in [2.05, 4.69) is 19.9 Å². The van der Waals surface area contributed by atoms with Crippen molar-refractivity contribution in [2.75, 3.05) is 26.7 Å². The first-order valence-corrected chi connectivity index (χ1v) is 7.42. The number of likely N-dealkylation sites (N-methyl/N-ethyl adjacent to an activating group) is 1. The third-order valence-corrected chi connectivity index (χ3v) is 3.53. The maximum atomic E-state index is 12.1. The average molecular weight is 329 g/mol. The summed E-state index contributed by atoms with van der Waals surface area (Å²) in [5.41, 5.74) is 6.82. The number of hydrogen-bond acceptors (Lipinski definition) is 3. The average Bonchev–Trinajstić information content (AvgIpc) is 2.44. The molecule has 0 aliphatic heterocycles. The fourth-order valence-corrected chi connectivity index (χ4v) is 2.01. The fraction of sp³-hybridized carbons (Fsp3) is 0.588. The SMILES string of the molecule is CC(C)c1cccc(OCC(=O)N(C)CC(C)(C)CN)c1.Cl. The molecule has 0 radical (unpaired) electrons. The van der Waals surface area contributed by atoms with Crippen LogP contribution in [0.2, 0.25) is 0 Å². The van der Waals surface area contributed by atoms with Crippen molar-refractivity contribution in [2.24, 2.45) is 11.1 Å². The van der Waals surface area contributed by atoms with E-state index in [1.807, 2.05) is 32.0 Å². The number of amides is 1. The number of benzene rings is 1. The van der Waals surface area contributed by atoms with E-state index in [0.717, 1.165) is 5.75 Å². The summed E-state index contributed by atoms with van der Waals surface area (Å²) in [6.07, 6.45) is 0. The van der Waals surface area contributed by atoms with Crippen LogP contribution in [-0.4, -0.2) is 37.6 Å². The number of carbonyl (C=O) groups is 1. The van der Waals surface area contributed by atoms with Gasteiger partial charge in [-0.05, 0) is 35.6 Å². The molecule has 0 fully saturated rings. The highest BCUT2D eigenvalue weighted by molar-refractivity contribution is 5.85. The third-order valence-electron chi connectivity index (χ3n) is 3.53. The lowest BCUT2D eigenvalue weighted by Gasteiger charge is -2.29. The summed E-state index contributed by atoms with van der Waals surface area (Å²) in [7, 11) is 1.79. The molecule has 126 valence electrons. The van der Waals surface area contributed by atoms with Gasteiger partial charge in [0.1, 0.15) is 5.75 Å². The fourth-order valence-electron chi connectivity index (χ4n) is 2.01. The van der Waals surface area contributed by atoms with E-state index in [4.69, 9.17) is 10.5 Å². The van der Waals surface area contributed by atoms with Crippen LogP contribution in [0.4, 0.5) is 0 Å². The summed E-state index contributed by atoms with van der Waals surface area (Å²) in [4.78, 5) is 13.8. The van der Waals surface area contributed by atoms with Crippen molar-refractivity contribution in [1.82, 2.24) is 4.90 Å². The van der Waals surface area contributed by atoms with Crippen LogP contribution in [0.1, 0.15) is 39.2 Å². The van der Waals surface area contributed by atoms with Gasteiger partial charge in [0.25, 0.3) is 5.91 Å². The maximum Gasteiger partial charge on any atom is 0.260 e. The van der Waals surface area contributed by atoms with Crippen molar-refractivity contribution in [1.29, 1.82) is 0 Å². The molecule has 0 spiro atoms. The number of halogens is 1. The van der Waals surface area contributed by atoms with E-state index in [-0.39, 0.29) is 30.3 Å². The van der Waals surface area contributed by atoms with E-state index < -0.39 is 0 Å². The van der Waals surface area contributed by atoms with Crippen molar-refractivity contribution in [3.8, 4) is 5.75 Å². The summed E-state index contributed by atoms with van der Waals surface area (Å²) in [6, 6.07) is 7.89. The zero-order valence-corrected chi connectivity index (χ0v) is 15.1. The molecule has 1 aromatic carbocycles. The van der Waals surface area contributed by atoms with Crippen LogP contribution in [0, 0.1) is 5.41 Å². The van der Waals surface area contributed by atoms with Gasteiger partial charge in [0.2, 0.25) is 0 Å². The Balaban J connectivity index is 0.00000441. The predicted molar refractivity (Wildman–Crippen MR) is 93.7 cm³/mol. The van der Waals surface area contributed by atoms with Crippen molar-refractivity contribution in [3.05, 3.63) is 29.8 Å². The number of nitrogens with two attached hydrogens (primary N) is 1. The Bertz CT molecular complexity index is 475. The van der Waals surface area contributed by atoms with Crippen LogP contribution in [0.5, 0.6) is 5.75 Å². The van der Waals surface area contributed by atoms with Gasteiger partial charge in [-0.1, -0.05) is 39.8 Å². The molecule has 0 aliphatic rings. The van der Waals surface area contributed by atoms with Gasteiger partial charge in [0.15, 0.2) is 6.61 Å². The highest BCUT2D eigenvalue weighted by Crippen LogP contribution is 2.20. The maximum absolute atomic E-state index is 12.1. The first-order valence-electron chi connectivity index (χ1n) is 7.42. The minimum Gasteiger partial charge on any atom is -0.484 e. The Hall–Kier alpha value is -1.26. The molecule has 0 aliphatic carbocycles.